The minimum Gasteiger partial charge on any atom is -0.367 e. The van der Waals surface area contributed by atoms with Crippen LogP contribution >= 0.6 is 0 Å². The van der Waals surface area contributed by atoms with E-state index < -0.39 is 12.8 Å². The number of ether oxygens (including phenoxy) is 1. The van der Waals surface area contributed by atoms with E-state index >= 15 is 0 Å². The normalized spacial score (nSPS) is 11.7. The predicted octanol–water partition coefficient (Wildman–Crippen LogP) is 2.22. The lowest BCUT2D eigenvalue weighted by molar-refractivity contribution is -0.176. The molecule has 1 aromatic carbocycles. The predicted molar refractivity (Wildman–Crippen MR) is 50.0 cm³/mol. The third-order valence-corrected chi connectivity index (χ3v) is 1.79. The fourth-order valence-corrected chi connectivity index (χ4v) is 1.06. The Kier molecular flexibility index (Phi) is 4.11. The zero-order chi connectivity index (χ0) is 11.3. The molecule has 1 aromatic rings. The molecular weight excluding hydrogens is 207 g/mol. The van der Waals surface area contributed by atoms with Crippen LogP contribution in [0.15, 0.2) is 24.3 Å². The van der Waals surface area contributed by atoms with E-state index in [4.69, 9.17) is 5.73 Å². The largest absolute Gasteiger partial charge is 0.411 e. The molecule has 0 bridgehead atoms. The SMILES string of the molecule is NCc1ccc(COCC(F)(F)F)cc1. The third kappa shape index (κ3) is 4.80. The maximum absolute atomic E-state index is 11.7. The highest BCUT2D eigenvalue weighted by Crippen LogP contribution is 2.15. The fourth-order valence-electron chi connectivity index (χ4n) is 1.06. The van der Waals surface area contributed by atoms with Gasteiger partial charge in [0.2, 0.25) is 0 Å². The molecule has 0 saturated heterocycles. The van der Waals surface area contributed by atoms with Crippen molar-refractivity contribution in [3.05, 3.63) is 35.4 Å². The van der Waals surface area contributed by atoms with Crippen LogP contribution in [0.25, 0.3) is 0 Å². The zero-order valence-electron chi connectivity index (χ0n) is 8.05. The molecule has 0 aliphatic rings. The van der Waals surface area contributed by atoms with Crippen molar-refractivity contribution >= 4 is 0 Å². The molecule has 0 aromatic heterocycles. The first-order valence-corrected chi connectivity index (χ1v) is 4.43. The van der Waals surface area contributed by atoms with E-state index in [9.17, 15) is 13.2 Å². The molecule has 2 nitrogen and oxygen atoms in total. The summed E-state index contributed by atoms with van der Waals surface area (Å²) in [5.41, 5.74) is 7.02. The number of halogens is 3. The Labute approximate surface area is 85.8 Å². The van der Waals surface area contributed by atoms with Crippen molar-refractivity contribution in [3.63, 3.8) is 0 Å². The molecule has 0 amide bonds. The third-order valence-electron chi connectivity index (χ3n) is 1.79. The molecule has 0 heterocycles. The van der Waals surface area contributed by atoms with Crippen molar-refractivity contribution in [2.45, 2.75) is 19.3 Å². The van der Waals surface area contributed by atoms with Gasteiger partial charge in [-0.2, -0.15) is 13.2 Å². The minimum absolute atomic E-state index is 0.0373. The van der Waals surface area contributed by atoms with Crippen LogP contribution < -0.4 is 5.73 Å². The van der Waals surface area contributed by atoms with Crippen molar-refractivity contribution in [3.8, 4) is 0 Å². The van der Waals surface area contributed by atoms with Crippen LogP contribution in [0.5, 0.6) is 0 Å². The number of hydrogen-bond acceptors (Lipinski definition) is 2. The zero-order valence-corrected chi connectivity index (χ0v) is 8.05. The van der Waals surface area contributed by atoms with E-state index in [1.165, 1.54) is 0 Å². The van der Waals surface area contributed by atoms with Crippen LogP contribution in [-0.2, 0) is 17.9 Å². The van der Waals surface area contributed by atoms with Crippen LogP contribution in [0.1, 0.15) is 11.1 Å². The lowest BCUT2D eigenvalue weighted by atomic mass is 10.1. The Bertz CT molecular complexity index is 295. The van der Waals surface area contributed by atoms with Crippen molar-refractivity contribution < 1.29 is 17.9 Å². The van der Waals surface area contributed by atoms with Gasteiger partial charge >= 0.3 is 6.18 Å². The van der Waals surface area contributed by atoms with Crippen molar-refractivity contribution in [2.75, 3.05) is 6.61 Å². The molecular formula is C10H12F3NO. The Hall–Kier alpha value is -1.07. The quantitative estimate of drug-likeness (QED) is 0.842. The summed E-state index contributed by atoms with van der Waals surface area (Å²) in [6, 6.07) is 6.95. The molecule has 0 aliphatic carbocycles. The average Bonchev–Trinajstić information content (AvgIpc) is 2.17. The summed E-state index contributed by atoms with van der Waals surface area (Å²) in [5, 5.41) is 0. The molecule has 0 atom stereocenters. The van der Waals surface area contributed by atoms with Crippen LogP contribution in [0.4, 0.5) is 13.2 Å². The van der Waals surface area contributed by atoms with Crippen molar-refractivity contribution in [1.29, 1.82) is 0 Å². The lowest BCUT2D eigenvalue weighted by Crippen LogP contribution is -2.16. The first-order valence-electron chi connectivity index (χ1n) is 4.43. The molecule has 0 saturated carbocycles. The number of alkyl halides is 3. The first-order chi connectivity index (χ1) is 7.01. The molecule has 84 valence electrons. The van der Waals surface area contributed by atoms with Gasteiger partial charge in [-0.25, -0.2) is 0 Å². The van der Waals surface area contributed by atoms with Crippen LogP contribution in [0.2, 0.25) is 0 Å². The summed E-state index contributed by atoms with van der Waals surface area (Å²) >= 11 is 0. The molecule has 15 heavy (non-hydrogen) atoms. The molecule has 1 rings (SSSR count). The van der Waals surface area contributed by atoms with E-state index in [0.717, 1.165) is 5.56 Å². The van der Waals surface area contributed by atoms with E-state index in [2.05, 4.69) is 4.74 Å². The summed E-state index contributed by atoms with van der Waals surface area (Å²) in [5.74, 6) is 0. The summed E-state index contributed by atoms with van der Waals surface area (Å²) in [6.07, 6.45) is -4.27. The van der Waals surface area contributed by atoms with Gasteiger partial charge < -0.3 is 10.5 Å². The average molecular weight is 219 g/mol. The van der Waals surface area contributed by atoms with Gasteiger partial charge in [0, 0.05) is 6.54 Å². The highest BCUT2D eigenvalue weighted by Gasteiger charge is 2.27. The molecule has 5 heteroatoms. The van der Waals surface area contributed by atoms with E-state index in [1.54, 1.807) is 24.3 Å². The van der Waals surface area contributed by atoms with Gasteiger partial charge in [0.15, 0.2) is 0 Å². The van der Waals surface area contributed by atoms with Gasteiger partial charge in [0.05, 0.1) is 6.61 Å². The van der Waals surface area contributed by atoms with Gasteiger partial charge in [-0.15, -0.1) is 0 Å². The van der Waals surface area contributed by atoms with Gasteiger partial charge in [-0.1, -0.05) is 24.3 Å². The monoisotopic (exact) mass is 219 g/mol. The second kappa shape index (κ2) is 5.14. The van der Waals surface area contributed by atoms with E-state index in [-0.39, 0.29) is 6.61 Å². The smallest absolute Gasteiger partial charge is 0.367 e. The molecule has 0 unspecified atom stereocenters. The Balaban J connectivity index is 2.38. The van der Waals surface area contributed by atoms with Crippen molar-refractivity contribution in [1.82, 2.24) is 0 Å². The van der Waals surface area contributed by atoms with Gasteiger partial charge in [0.25, 0.3) is 0 Å². The first kappa shape index (κ1) is 12.0. The van der Waals surface area contributed by atoms with E-state index in [1.807, 2.05) is 0 Å². The molecule has 0 fully saturated rings. The van der Waals surface area contributed by atoms with E-state index in [0.29, 0.717) is 12.1 Å². The summed E-state index contributed by atoms with van der Waals surface area (Å²) < 4.78 is 39.7. The Morgan fingerprint density at radius 3 is 2.07 bits per heavy atom. The van der Waals surface area contributed by atoms with Crippen LogP contribution in [-0.4, -0.2) is 12.8 Å². The maximum Gasteiger partial charge on any atom is 0.411 e. The molecule has 0 radical (unpaired) electrons. The highest BCUT2D eigenvalue weighted by molar-refractivity contribution is 5.21. The number of hydrogen-bond donors (Lipinski definition) is 1. The summed E-state index contributed by atoms with van der Waals surface area (Å²) in [4.78, 5) is 0. The lowest BCUT2D eigenvalue weighted by Gasteiger charge is -2.07. The number of rotatable bonds is 4. The standard InChI is InChI=1S/C10H12F3NO/c11-10(12,13)7-15-6-9-3-1-8(5-14)2-4-9/h1-4H,5-7,14H2. The Morgan fingerprint density at radius 2 is 1.60 bits per heavy atom. The number of nitrogens with two attached hydrogens (primary N) is 1. The highest BCUT2D eigenvalue weighted by atomic mass is 19.4. The molecule has 2 N–H and O–H groups in total. The minimum atomic E-state index is -4.27. The number of benzene rings is 1. The van der Waals surface area contributed by atoms with Gasteiger partial charge in [0.1, 0.15) is 6.61 Å². The van der Waals surface area contributed by atoms with Crippen LogP contribution in [0, 0.1) is 0 Å². The van der Waals surface area contributed by atoms with Gasteiger partial charge in [-0.3, -0.25) is 0 Å². The van der Waals surface area contributed by atoms with Gasteiger partial charge in [-0.05, 0) is 11.1 Å². The topological polar surface area (TPSA) is 35.2 Å². The fraction of sp³-hybridized carbons (Fsp3) is 0.400. The molecule has 0 aliphatic heterocycles. The maximum atomic E-state index is 11.7. The van der Waals surface area contributed by atoms with Crippen molar-refractivity contribution in [2.24, 2.45) is 5.73 Å². The van der Waals surface area contributed by atoms with Crippen LogP contribution in [0.3, 0.4) is 0 Å². The second-order valence-corrected chi connectivity index (χ2v) is 3.13. The summed E-state index contributed by atoms with van der Waals surface area (Å²) in [6.45, 7) is -0.834. The Morgan fingerprint density at radius 1 is 1.07 bits per heavy atom. The summed E-state index contributed by atoms with van der Waals surface area (Å²) in [7, 11) is 0. The second-order valence-electron chi connectivity index (χ2n) is 3.13. The molecule has 0 spiro atoms.